The number of anilines is 2. The van der Waals surface area contributed by atoms with Crippen LogP contribution in [0.2, 0.25) is 0 Å². The molecule has 0 spiro atoms. The third kappa shape index (κ3) is 3.97. The quantitative estimate of drug-likeness (QED) is 0.480. The minimum absolute atomic E-state index is 0.293. The molecular formula is C20H15N5O2S. The summed E-state index contributed by atoms with van der Waals surface area (Å²) in [6.07, 6.45) is 3.08. The summed E-state index contributed by atoms with van der Waals surface area (Å²) in [7, 11) is 0. The summed E-state index contributed by atoms with van der Waals surface area (Å²) in [6, 6.07) is 15.7. The van der Waals surface area contributed by atoms with Gasteiger partial charge in [0, 0.05) is 29.7 Å². The minimum atomic E-state index is -0.318. The molecule has 0 unspecified atom stereocenters. The molecule has 0 aliphatic heterocycles. The number of H-pyrrole nitrogens is 1. The van der Waals surface area contributed by atoms with Crippen molar-refractivity contribution in [3.63, 3.8) is 0 Å². The molecule has 0 radical (unpaired) electrons. The molecule has 0 saturated carbocycles. The summed E-state index contributed by atoms with van der Waals surface area (Å²) in [5, 5.41) is 14.5. The molecule has 0 aliphatic carbocycles. The van der Waals surface area contributed by atoms with E-state index in [4.69, 9.17) is 0 Å². The van der Waals surface area contributed by atoms with Crippen LogP contribution < -0.4 is 10.6 Å². The Morgan fingerprint density at radius 3 is 2.57 bits per heavy atom. The van der Waals surface area contributed by atoms with Crippen molar-refractivity contribution >= 4 is 34.7 Å². The standard InChI is InChI=1S/C20H15N5O2S/c26-19(23-18-11-16(24-25-18)17-7-3-9-28-17)13-4-1-6-15(10-13)22-20(27)14-5-2-8-21-12-14/h1-12H,(H,22,27)(H2,23,24,25,26). The van der Waals surface area contributed by atoms with Gasteiger partial charge in [-0.25, -0.2) is 0 Å². The normalized spacial score (nSPS) is 10.4. The Bertz CT molecular complexity index is 1110. The summed E-state index contributed by atoms with van der Waals surface area (Å²) in [5.41, 5.74) is 2.20. The van der Waals surface area contributed by atoms with E-state index in [0.29, 0.717) is 22.6 Å². The number of carbonyl (C=O) groups is 2. The predicted octanol–water partition coefficient (Wildman–Crippen LogP) is 4.04. The molecule has 0 bridgehead atoms. The maximum absolute atomic E-state index is 12.5. The second kappa shape index (κ2) is 7.85. The highest BCUT2D eigenvalue weighted by Crippen LogP contribution is 2.24. The van der Waals surface area contributed by atoms with Gasteiger partial charge in [0.1, 0.15) is 0 Å². The number of carbonyl (C=O) groups excluding carboxylic acids is 2. The largest absolute Gasteiger partial charge is 0.322 e. The topological polar surface area (TPSA) is 99.8 Å². The van der Waals surface area contributed by atoms with Crippen LogP contribution in [0.4, 0.5) is 11.5 Å². The van der Waals surface area contributed by atoms with E-state index in [1.807, 2.05) is 17.5 Å². The Morgan fingerprint density at radius 2 is 1.79 bits per heavy atom. The molecular weight excluding hydrogens is 374 g/mol. The van der Waals surface area contributed by atoms with Crippen molar-refractivity contribution in [1.29, 1.82) is 0 Å². The highest BCUT2D eigenvalue weighted by molar-refractivity contribution is 7.13. The summed E-state index contributed by atoms with van der Waals surface area (Å²) < 4.78 is 0. The van der Waals surface area contributed by atoms with Crippen molar-refractivity contribution in [1.82, 2.24) is 15.2 Å². The number of nitrogens with one attached hydrogen (secondary N) is 3. The summed E-state index contributed by atoms with van der Waals surface area (Å²) in [5.74, 6) is -0.182. The van der Waals surface area contributed by atoms with Crippen LogP contribution in [0.3, 0.4) is 0 Å². The lowest BCUT2D eigenvalue weighted by Crippen LogP contribution is -2.15. The highest BCUT2D eigenvalue weighted by Gasteiger charge is 2.12. The molecule has 138 valence electrons. The smallest absolute Gasteiger partial charge is 0.257 e. The van der Waals surface area contributed by atoms with Gasteiger partial charge in [0.05, 0.1) is 16.1 Å². The lowest BCUT2D eigenvalue weighted by Gasteiger charge is -2.07. The van der Waals surface area contributed by atoms with Gasteiger partial charge in [-0.1, -0.05) is 12.1 Å². The SMILES string of the molecule is O=C(Nc1cccc(C(=O)Nc2cc(-c3cccs3)[nH]n2)c1)c1cccnc1. The van der Waals surface area contributed by atoms with Crippen LogP contribution in [0.1, 0.15) is 20.7 Å². The van der Waals surface area contributed by atoms with Crippen molar-refractivity contribution in [2.45, 2.75) is 0 Å². The predicted molar refractivity (Wildman–Crippen MR) is 108 cm³/mol. The zero-order valence-electron chi connectivity index (χ0n) is 14.5. The maximum Gasteiger partial charge on any atom is 0.257 e. The summed E-state index contributed by atoms with van der Waals surface area (Å²) >= 11 is 1.58. The van der Waals surface area contributed by atoms with Gasteiger partial charge in [0.25, 0.3) is 11.8 Å². The van der Waals surface area contributed by atoms with Crippen LogP contribution in [0.25, 0.3) is 10.6 Å². The van der Waals surface area contributed by atoms with Crippen LogP contribution in [0, 0.1) is 0 Å². The average molecular weight is 389 g/mol. The number of hydrogen-bond donors (Lipinski definition) is 3. The molecule has 3 heterocycles. The minimum Gasteiger partial charge on any atom is -0.322 e. The number of rotatable bonds is 5. The van der Waals surface area contributed by atoms with Gasteiger partial charge in [0.15, 0.2) is 5.82 Å². The van der Waals surface area contributed by atoms with E-state index in [0.717, 1.165) is 10.6 Å². The zero-order valence-corrected chi connectivity index (χ0v) is 15.4. The Hall–Kier alpha value is -3.78. The molecule has 4 rings (SSSR count). The van der Waals surface area contributed by atoms with Crippen molar-refractivity contribution in [3.05, 3.63) is 83.5 Å². The van der Waals surface area contributed by atoms with Crippen LogP contribution >= 0.6 is 11.3 Å². The first-order chi connectivity index (χ1) is 13.7. The van der Waals surface area contributed by atoms with Gasteiger partial charge >= 0.3 is 0 Å². The third-order valence-corrected chi connectivity index (χ3v) is 4.82. The number of aromatic nitrogens is 3. The fourth-order valence-corrected chi connectivity index (χ4v) is 3.26. The molecule has 8 heteroatoms. The van der Waals surface area contributed by atoms with Crippen LogP contribution in [0.5, 0.6) is 0 Å². The molecule has 7 nitrogen and oxygen atoms in total. The lowest BCUT2D eigenvalue weighted by molar-refractivity contribution is 0.101. The Morgan fingerprint density at radius 1 is 0.929 bits per heavy atom. The number of hydrogen-bond acceptors (Lipinski definition) is 5. The molecule has 4 aromatic rings. The van der Waals surface area contributed by atoms with Crippen molar-refractivity contribution in [2.75, 3.05) is 10.6 Å². The monoisotopic (exact) mass is 389 g/mol. The first kappa shape index (κ1) is 17.6. The Labute approximate surface area is 164 Å². The van der Waals surface area contributed by atoms with Gasteiger partial charge in [0.2, 0.25) is 0 Å². The molecule has 3 aromatic heterocycles. The van der Waals surface area contributed by atoms with E-state index < -0.39 is 0 Å². The fraction of sp³-hybridized carbons (Fsp3) is 0. The van der Waals surface area contributed by atoms with E-state index in [9.17, 15) is 9.59 Å². The van der Waals surface area contributed by atoms with Gasteiger partial charge in [-0.2, -0.15) is 5.10 Å². The van der Waals surface area contributed by atoms with Gasteiger partial charge in [-0.05, 0) is 41.8 Å². The van der Waals surface area contributed by atoms with Gasteiger partial charge < -0.3 is 10.6 Å². The van der Waals surface area contributed by atoms with E-state index in [2.05, 4.69) is 25.8 Å². The number of thiophene rings is 1. The second-order valence-electron chi connectivity index (χ2n) is 5.87. The number of nitrogens with zero attached hydrogens (tertiary/aromatic N) is 2. The van der Waals surface area contributed by atoms with Crippen LogP contribution in [-0.4, -0.2) is 27.0 Å². The molecule has 0 aliphatic rings. The highest BCUT2D eigenvalue weighted by atomic mass is 32.1. The number of amides is 2. The maximum atomic E-state index is 12.5. The van der Waals surface area contributed by atoms with E-state index in [1.165, 1.54) is 6.20 Å². The molecule has 1 aromatic carbocycles. The fourth-order valence-electron chi connectivity index (χ4n) is 2.57. The van der Waals surface area contributed by atoms with E-state index >= 15 is 0 Å². The summed E-state index contributed by atoms with van der Waals surface area (Å²) in [4.78, 5) is 29.7. The number of benzene rings is 1. The van der Waals surface area contributed by atoms with E-state index in [1.54, 1.807) is 60.0 Å². The second-order valence-corrected chi connectivity index (χ2v) is 6.82. The summed E-state index contributed by atoms with van der Waals surface area (Å²) in [6.45, 7) is 0. The molecule has 0 fully saturated rings. The first-order valence-corrected chi connectivity index (χ1v) is 9.29. The first-order valence-electron chi connectivity index (χ1n) is 8.41. The zero-order chi connectivity index (χ0) is 19.3. The molecule has 0 saturated heterocycles. The molecule has 0 atom stereocenters. The van der Waals surface area contributed by atoms with Crippen molar-refractivity contribution in [2.24, 2.45) is 0 Å². The van der Waals surface area contributed by atoms with Crippen LogP contribution in [-0.2, 0) is 0 Å². The Balaban J connectivity index is 1.45. The van der Waals surface area contributed by atoms with Gasteiger partial charge in [-0.3, -0.25) is 19.7 Å². The number of pyridine rings is 1. The van der Waals surface area contributed by atoms with Crippen LogP contribution in [0.15, 0.2) is 72.4 Å². The Kier molecular flexibility index (Phi) is 4.94. The molecule has 2 amide bonds. The molecule has 3 N–H and O–H groups in total. The van der Waals surface area contributed by atoms with Gasteiger partial charge in [-0.15, -0.1) is 11.3 Å². The van der Waals surface area contributed by atoms with Crippen molar-refractivity contribution < 1.29 is 9.59 Å². The number of aromatic amines is 1. The third-order valence-electron chi connectivity index (χ3n) is 3.91. The average Bonchev–Trinajstić information content (AvgIpc) is 3.40. The lowest BCUT2D eigenvalue weighted by atomic mass is 10.1. The van der Waals surface area contributed by atoms with Crippen molar-refractivity contribution in [3.8, 4) is 10.6 Å². The molecule has 28 heavy (non-hydrogen) atoms. The van der Waals surface area contributed by atoms with E-state index in [-0.39, 0.29) is 11.8 Å².